The predicted octanol–water partition coefficient (Wildman–Crippen LogP) is 4.61. The number of carbonyl (C=O) groups is 3. The molecule has 0 aliphatic carbocycles. The first-order valence-corrected chi connectivity index (χ1v) is 13.1. The molecule has 39 heavy (non-hydrogen) atoms. The first-order chi connectivity index (χ1) is 18.8. The van der Waals surface area contributed by atoms with Crippen LogP contribution in [0.5, 0.6) is 5.75 Å². The van der Waals surface area contributed by atoms with Gasteiger partial charge in [-0.2, -0.15) is 0 Å². The second-order valence-corrected chi connectivity index (χ2v) is 9.94. The highest BCUT2D eigenvalue weighted by Crippen LogP contribution is 2.44. The number of hydrogen-bond acceptors (Lipinski definition) is 9. The highest BCUT2D eigenvalue weighted by Gasteiger charge is 2.49. The minimum atomic E-state index is -1.02. The molecular formula is C28H26N4O6S. The summed E-state index contributed by atoms with van der Waals surface area (Å²) in [6, 6.07) is 11.3. The average molecular weight is 547 g/mol. The van der Waals surface area contributed by atoms with E-state index in [1.807, 2.05) is 13.0 Å². The van der Waals surface area contributed by atoms with Crippen molar-refractivity contribution < 1.29 is 29.0 Å². The summed E-state index contributed by atoms with van der Waals surface area (Å²) in [4.78, 5) is 49.7. The predicted molar refractivity (Wildman–Crippen MR) is 145 cm³/mol. The molecule has 10 nitrogen and oxygen atoms in total. The van der Waals surface area contributed by atoms with Gasteiger partial charge in [0, 0.05) is 6.20 Å². The van der Waals surface area contributed by atoms with Gasteiger partial charge < -0.3 is 14.6 Å². The van der Waals surface area contributed by atoms with Gasteiger partial charge in [-0.1, -0.05) is 36.5 Å². The van der Waals surface area contributed by atoms with Crippen LogP contribution >= 0.6 is 11.3 Å². The molecule has 1 aliphatic rings. The van der Waals surface area contributed by atoms with Crippen molar-refractivity contribution in [3.8, 4) is 5.75 Å². The van der Waals surface area contributed by atoms with Gasteiger partial charge in [0.05, 0.1) is 36.7 Å². The fourth-order valence-electron chi connectivity index (χ4n) is 4.61. The topological polar surface area (TPSA) is 123 Å². The maximum Gasteiger partial charge on any atom is 0.350 e. The van der Waals surface area contributed by atoms with E-state index in [0.717, 1.165) is 17.8 Å². The largest absolute Gasteiger partial charge is 0.505 e. The van der Waals surface area contributed by atoms with E-state index in [-0.39, 0.29) is 21.3 Å². The maximum absolute atomic E-state index is 13.6. The van der Waals surface area contributed by atoms with Gasteiger partial charge in [0.15, 0.2) is 10.9 Å². The lowest BCUT2D eigenvalue weighted by atomic mass is 9.96. The lowest BCUT2D eigenvalue weighted by Gasteiger charge is -2.23. The first-order valence-electron chi connectivity index (χ1n) is 12.3. The molecule has 1 aromatic carbocycles. The van der Waals surface area contributed by atoms with E-state index in [9.17, 15) is 19.5 Å². The van der Waals surface area contributed by atoms with E-state index >= 15 is 0 Å². The third kappa shape index (κ3) is 4.44. The Morgan fingerprint density at radius 3 is 2.51 bits per heavy atom. The Morgan fingerprint density at radius 2 is 1.82 bits per heavy atom. The van der Waals surface area contributed by atoms with Gasteiger partial charge >= 0.3 is 11.9 Å². The number of aliphatic hydroxyl groups is 1. The van der Waals surface area contributed by atoms with Crippen molar-refractivity contribution in [1.82, 2.24) is 14.4 Å². The quantitative estimate of drug-likeness (QED) is 0.154. The number of nitrogens with zero attached hydrogens (tertiary/aromatic N) is 4. The molecule has 4 heterocycles. The van der Waals surface area contributed by atoms with Gasteiger partial charge in [-0.15, -0.1) is 0 Å². The van der Waals surface area contributed by atoms with Gasteiger partial charge in [-0.25, -0.2) is 14.8 Å². The van der Waals surface area contributed by atoms with Crippen LogP contribution in [-0.4, -0.2) is 50.9 Å². The number of esters is 1. The SMILES string of the molecule is CCCOc1ccc(C2C(=C(O)c3c(C)nc4ccccn34)C(=O)C(=O)N2c2nc(C)c(C(=O)OC)s2)cc1. The molecule has 0 bridgehead atoms. The number of ether oxygens (including phenoxy) is 2. The minimum Gasteiger partial charge on any atom is -0.505 e. The molecule has 1 saturated heterocycles. The molecule has 1 atom stereocenters. The van der Waals surface area contributed by atoms with Crippen molar-refractivity contribution in [1.29, 1.82) is 0 Å². The zero-order chi connectivity index (χ0) is 27.8. The van der Waals surface area contributed by atoms with Crippen molar-refractivity contribution in [2.24, 2.45) is 0 Å². The average Bonchev–Trinajstić information content (AvgIpc) is 3.57. The highest BCUT2D eigenvalue weighted by atomic mass is 32.1. The molecule has 0 radical (unpaired) electrons. The van der Waals surface area contributed by atoms with E-state index in [4.69, 9.17) is 9.47 Å². The number of ketones is 1. The number of amides is 1. The third-order valence-corrected chi connectivity index (χ3v) is 7.54. The fraction of sp³-hybridized carbons (Fsp3) is 0.250. The first kappa shape index (κ1) is 26.1. The van der Waals surface area contributed by atoms with Crippen LogP contribution in [0.15, 0.2) is 54.2 Å². The summed E-state index contributed by atoms with van der Waals surface area (Å²) in [5, 5.41) is 11.8. The zero-order valence-electron chi connectivity index (χ0n) is 21.8. The van der Waals surface area contributed by atoms with E-state index in [2.05, 4.69) is 9.97 Å². The van der Waals surface area contributed by atoms with Gasteiger partial charge in [-0.05, 0) is 50.1 Å². The zero-order valence-corrected chi connectivity index (χ0v) is 22.6. The number of hydrogen-bond donors (Lipinski definition) is 1. The Hall–Kier alpha value is -4.51. The molecule has 0 spiro atoms. The molecule has 1 N–H and O–H groups in total. The monoisotopic (exact) mass is 546 g/mol. The lowest BCUT2D eigenvalue weighted by Crippen LogP contribution is -2.29. The van der Waals surface area contributed by atoms with Gasteiger partial charge in [0.2, 0.25) is 0 Å². The molecule has 3 aromatic heterocycles. The fourth-order valence-corrected chi connectivity index (χ4v) is 5.62. The number of aryl methyl sites for hydroxylation is 2. The number of rotatable bonds is 7. The summed E-state index contributed by atoms with van der Waals surface area (Å²) in [5.41, 5.74) is 2.19. The molecule has 1 fully saturated rings. The minimum absolute atomic E-state index is 0.108. The number of aromatic nitrogens is 3. The van der Waals surface area contributed by atoms with E-state index in [1.54, 1.807) is 60.8 Å². The smallest absolute Gasteiger partial charge is 0.350 e. The summed E-state index contributed by atoms with van der Waals surface area (Å²) in [6.45, 7) is 5.89. The van der Waals surface area contributed by atoms with E-state index < -0.39 is 23.7 Å². The Labute approximate surface area is 228 Å². The Bertz CT molecular complexity index is 1640. The Morgan fingerprint density at radius 1 is 1.08 bits per heavy atom. The van der Waals surface area contributed by atoms with Crippen LogP contribution in [0.3, 0.4) is 0 Å². The van der Waals surface area contributed by atoms with Crippen LogP contribution < -0.4 is 9.64 Å². The lowest BCUT2D eigenvalue weighted by molar-refractivity contribution is -0.132. The van der Waals surface area contributed by atoms with Crippen LogP contribution in [0.25, 0.3) is 11.4 Å². The van der Waals surface area contributed by atoms with Gasteiger partial charge in [0.1, 0.15) is 22.0 Å². The molecule has 4 aromatic rings. The van der Waals surface area contributed by atoms with Crippen LogP contribution in [0, 0.1) is 13.8 Å². The number of methoxy groups -OCH3 is 1. The number of aliphatic hydroxyl groups excluding tert-OH is 1. The summed E-state index contributed by atoms with van der Waals surface area (Å²) in [5.74, 6) is -2.06. The van der Waals surface area contributed by atoms with E-state index in [0.29, 0.717) is 40.6 Å². The number of anilines is 1. The van der Waals surface area contributed by atoms with E-state index in [1.165, 1.54) is 12.0 Å². The van der Waals surface area contributed by atoms with Crippen molar-refractivity contribution in [2.45, 2.75) is 33.2 Å². The number of benzene rings is 1. The molecule has 1 unspecified atom stereocenters. The number of carbonyl (C=O) groups excluding carboxylic acids is 3. The van der Waals surface area contributed by atoms with Crippen molar-refractivity contribution >= 4 is 45.5 Å². The molecule has 11 heteroatoms. The van der Waals surface area contributed by atoms with Crippen LogP contribution in [0.4, 0.5) is 5.13 Å². The van der Waals surface area contributed by atoms with Crippen LogP contribution in [0.1, 0.15) is 51.7 Å². The van der Waals surface area contributed by atoms with Crippen molar-refractivity contribution in [3.63, 3.8) is 0 Å². The maximum atomic E-state index is 13.6. The molecule has 1 aliphatic heterocycles. The number of fused-ring (bicyclic) bond motifs is 1. The molecule has 1 amide bonds. The number of pyridine rings is 1. The standard InChI is InChI=1S/C28H26N4O6S/c1-5-14-38-18-11-9-17(10-12-18)22-20(23(33)21-15(2)29-19-8-6-7-13-31(19)21)24(34)26(35)32(22)28-30-16(3)25(39-28)27(36)37-4/h6-13,22,33H,5,14H2,1-4H3. The summed E-state index contributed by atoms with van der Waals surface area (Å²) >= 11 is 0.946. The number of imidazole rings is 1. The normalized spacial score (nSPS) is 16.7. The summed E-state index contributed by atoms with van der Waals surface area (Å²) in [7, 11) is 1.26. The second-order valence-electron chi connectivity index (χ2n) is 8.96. The Balaban J connectivity index is 1.72. The van der Waals surface area contributed by atoms with Gasteiger partial charge in [-0.3, -0.25) is 18.9 Å². The van der Waals surface area contributed by atoms with Crippen LogP contribution in [0.2, 0.25) is 0 Å². The van der Waals surface area contributed by atoms with Gasteiger partial charge in [0.25, 0.3) is 5.78 Å². The second kappa shape index (κ2) is 10.3. The summed E-state index contributed by atoms with van der Waals surface area (Å²) in [6.07, 6.45) is 2.56. The number of thiazole rings is 1. The third-order valence-electron chi connectivity index (χ3n) is 6.40. The highest BCUT2D eigenvalue weighted by molar-refractivity contribution is 7.17. The molecule has 200 valence electrons. The number of Topliss-reactive ketones (excluding diaryl/α,β-unsaturated/α-hetero) is 1. The Kier molecular flexibility index (Phi) is 6.92. The molecule has 5 rings (SSSR count). The molecule has 0 saturated carbocycles. The van der Waals surface area contributed by atoms with Crippen molar-refractivity contribution in [3.05, 3.63) is 81.8 Å². The molecular weight excluding hydrogens is 520 g/mol. The van der Waals surface area contributed by atoms with Crippen LogP contribution in [-0.2, 0) is 14.3 Å². The van der Waals surface area contributed by atoms with Crippen molar-refractivity contribution in [2.75, 3.05) is 18.6 Å². The summed E-state index contributed by atoms with van der Waals surface area (Å²) < 4.78 is 12.2.